The monoisotopic (exact) mass is 335 g/mol. The lowest BCUT2D eigenvalue weighted by atomic mass is 10.1. The summed E-state index contributed by atoms with van der Waals surface area (Å²) in [6, 6.07) is 15.2. The molecular weight excluding hydrogens is 318 g/mol. The van der Waals surface area contributed by atoms with Crippen molar-refractivity contribution >= 4 is 11.6 Å². The molecule has 0 radical (unpaired) electrons. The molecule has 1 aromatic heterocycles. The number of aromatic nitrogens is 2. The van der Waals surface area contributed by atoms with E-state index in [9.17, 15) is 4.79 Å². The third kappa shape index (κ3) is 2.65. The Kier molecular flexibility index (Phi) is 3.72. The van der Waals surface area contributed by atoms with Crippen molar-refractivity contribution in [2.75, 3.05) is 12.0 Å². The van der Waals surface area contributed by atoms with Crippen LogP contribution < -0.4 is 9.64 Å². The van der Waals surface area contributed by atoms with Crippen LogP contribution in [-0.2, 0) is 6.42 Å². The lowest BCUT2D eigenvalue weighted by Gasteiger charge is -2.20. The first-order valence-electron chi connectivity index (χ1n) is 8.07. The van der Waals surface area contributed by atoms with Gasteiger partial charge in [0.15, 0.2) is 0 Å². The molecule has 1 amide bonds. The minimum atomic E-state index is -0.273. The zero-order valence-electron chi connectivity index (χ0n) is 14.0. The standard InChI is InChI=1S/C19H17N3O3/c1-12-11-14-5-3-4-6-16(14)22(12)19(23)18-21-20-17(25-18)13-7-9-15(24-2)10-8-13/h3-10,12H,11H2,1-2H3. The van der Waals surface area contributed by atoms with Crippen molar-refractivity contribution < 1.29 is 13.9 Å². The molecular formula is C19H17N3O3. The quantitative estimate of drug-likeness (QED) is 0.734. The van der Waals surface area contributed by atoms with Crippen LogP contribution in [-0.4, -0.2) is 29.3 Å². The van der Waals surface area contributed by atoms with Crippen LogP contribution in [0.4, 0.5) is 5.69 Å². The maximum absolute atomic E-state index is 12.9. The molecule has 2 aromatic carbocycles. The van der Waals surface area contributed by atoms with E-state index in [0.717, 1.165) is 29.0 Å². The molecule has 0 spiro atoms. The zero-order valence-corrected chi connectivity index (χ0v) is 14.0. The summed E-state index contributed by atoms with van der Waals surface area (Å²) in [6.45, 7) is 2.01. The molecule has 0 saturated carbocycles. The summed E-state index contributed by atoms with van der Waals surface area (Å²) in [7, 11) is 1.60. The fourth-order valence-electron chi connectivity index (χ4n) is 3.14. The van der Waals surface area contributed by atoms with Crippen molar-refractivity contribution in [3.8, 4) is 17.2 Å². The summed E-state index contributed by atoms with van der Waals surface area (Å²) in [5, 5.41) is 7.96. The first-order chi connectivity index (χ1) is 12.2. The molecule has 0 bridgehead atoms. The second-order valence-electron chi connectivity index (χ2n) is 6.00. The molecule has 4 rings (SSSR count). The van der Waals surface area contributed by atoms with Crippen LogP contribution in [0, 0.1) is 0 Å². The Labute approximate surface area is 145 Å². The lowest BCUT2D eigenvalue weighted by molar-refractivity contribution is 0.0948. The number of hydrogen-bond acceptors (Lipinski definition) is 5. The van der Waals surface area contributed by atoms with E-state index in [2.05, 4.69) is 10.2 Å². The van der Waals surface area contributed by atoms with E-state index < -0.39 is 0 Å². The van der Waals surface area contributed by atoms with Crippen LogP contribution >= 0.6 is 0 Å². The van der Waals surface area contributed by atoms with Gasteiger partial charge in [0, 0.05) is 17.3 Å². The maximum atomic E-state index is 12.9. The highest BCUT2D eigenvalue weighted by molar-refractivity contribution is 6.04. The number of para-hydroxylation sites is 1. The number of fused-ring (bicyclic) bond motifs is 1. The SMILES string of the molecule is COc1ccc(-c2nnc(C(=O)N3c4ccccc4CC3C)o2)cc1. The van der Waals surface area contributed by atoms with Gasteiger partial charge in [-0.25, -0.2) is 0 Å². The van der Waals surface area contributed by atoms with Crippen LogP contribution in [0.2, 0.25) is 0 Å². The fraction of sp³-hybridized carbons (Fsp3) is 0.211. The van der Waals surface area contributed by atoms with Crippen LogP contribution in [0.3, 0.4) is 0 Å². The molecule has 2 heterocycles. The molecule has 1 atom stereocenters. The maximum Gasteiger partial charge on any atom is 0.316 e. The number of methoxy groups -OCH3 is 1. The summed E-state index contributed by atoms with van der Waals surface area (Å²) in [6.07, 6.45) is 0.821. The lowest BCUT2D eigenvalue weighted by Crippen LogP contribution is -2.35. The summed E-state index contributed by atoms with van der Waals surface area (Å²) in [5.74, 6) is 0.771. The Bertz CT molecular complexity index is 918. The van der Waals surface area contributed by atoms with E-state index in [4.69, 9.17) is 9.15 Å². The largest absolute Gasteiger partial charge is 0.497 e. The molecule has 0 aliphatic carbocycles. The molecule has 0 saturated heterocycles. The molecule has 0 fully saturated rings. The molecule has 6 heteroatoms. The highest BCUT2D eigenvalue weighted by Gasteiger charge is 2.34. The highest BCUT2D eigenvalue weighted by Crippen LogP contribution is 2.33. The van der Waals surface area contributed by atoms with Crippen LogP contribution in [0.25, 0.3) is 11.5 Å². The fourth-order valence-corrected chi connectivity index (χ4v) is 3.14. The average Bonchev–Trinajstić information content (AvgIpc) is 3.25. The number of amides is 1. The van der Waals surface area contributed by atoms with Gasteiger partial charge in [-0.05, 0) is 49.2 Å². The molecule has 1 unspecified atom stereocenters. The molecule has 1 aliphatic heterocycles. The van der Waals surface area contributed by atoms with Gasteiger partial charge in [0.1, 0.15) is 5.75 Å². The second kappa shape index (κ2) is 6.05. The Hall–Kier alpha value is -3.15. The zero-order chi connectivity index (χ0) is 17.4. The first kappa shape index (κ1) is 15.4. The molecule has 1 aliphatic rings. The Morgan fingerprint density at radius 3 is 2.68 bits per heavy atom. The van der Waals surface area contributed by atoms with Crippen LogP contribution in [0.5, 0.6) is 5.75 Å². The molecule has 25 heavy (non-hydrogen) atoms. The van der Waals surface area contributed by atoms with Crippen molar-refractivity contribution in [3.63, 3.8) is 0 Å². The van der Waals surface area contributed by atoms with Gasteiger partial charge in [-0.15, -0.1) is 10.2 Å². The van der Waals surface area contributed by atoms with E-state index >= 15 is 0 Å². The molecule has 0 N–H and O–H groups in total. The van der Waals surface area contributed by atoms with E-state index in [1.165, 1.54) is 0 Å². The summed E-state index contributed by atoms with van der Waals surface area (Å²) >= 11 is 0. The Morgan fingerprint density at radius 2 is 1.92 bits per heavy atom. The van der Waals surface area contributed by atoms with E-state index in [1.54, 1.807) is 24.1 Å². The number of carbonyl (C=O) groups excluding carboxylic acids is 1. The average molecular weight is 335 g/mol. The van der Waals surface area contributed by atoms with Crippen LogP contribution in [0.15, 0.2) is 52.9 Å². The number of anilines is 1. The predicted molar refractivity (Wildman–Crippen MR) is 92.7 cm³/mol. The summed E-state index contributed by atoms with van der Waals surface area (Å²) < 4.78 is 10.8. The van der Waals surface area contributed by atoms with Gasteiger partial charge in [0.05, 0.1) is 7.11 Å². The van der Waals surface area contributed by atoms with Gasteiger partial charge in [-0.2, -0.15) is 0 Å². The number of nitrogens with zero attached hydrogens (tertiary/aromatic N) is 3. The number of hydrogen-bond donors (Lipinski definition) is 0. The van der Waals surface area contributed by atoms with Gasteiger partial charge in [0.25, 0.3) is 0 Å². The van der Waals surface area contributed by atoms with E-state index in [1.807, 2.05) is 43.3 Å². The van der Waals surface area contributed by atoms with E-state index in [0.29, 0.717) is 5.89 Å². The topological polar surface area (TPSA) is 68.5 Å². The number of carbonyl (C=O) groups is 1. The number of ether oxygens (including phenoxy) is 1. The number of benzene rings is 2. The minimum Gasteiger partial charge on any atom is -0.497 e. The van der Waals surface area contributed by atoms with Gasteiger partial charge in [-0.3, -0.25) is 4.79 Å². The molecule has 126 valence electrons. The molecule has 3 aromatic rings. The minimum absolute atomic E-state index is 0.00521. The van der Waals surface area contributed by atoms with Crippen molar-refractivity contribution in [2.24, 2.45) is 0 Å². The van der Waals surface area contributed by atoms with Gasteiger partial charge in [0.2, 0.25) is 5.89 Å². The third-order valence-electron chi connectivity index (χ3n) is 4.37. The van der Waals surface area contributed by atoms with Gasteiger partial charge in [-0.1, -0.05) is 18.2 Å². The predicted octanol–water partition coefficient (Wildman–Crippen LogP) is 3.34. The van der Waals surface area contributed by atoms with Crippen molar-refractivity contribution in [3.05, 3.63) is 60.0 Å². The molecule has 6 nitrogen and oxygen atoms in total. The van der Waals surface area contributed by atoms with Crippen molar-refractivity contribution in [1.29, 1.82) is 0 Å². The number of rotatable bonds is 3. The second-order valence-corrected chi connectivity index (χ2v) is 6.00. The van der Waals surface area contributed by atoms with Crippen molar-refractivity contribution in [1.82, 2.24) is 10.2 Å². The third-order valence-corrected chi connectivity index (χ3v) is 4.37. The van der Waals surface area contributed by atoms with Crippen molar-refractivity contribution in [2.45, 2.75) is 19.4 Å². The normalized spacial score (nSPS) is 15.9. The Balaban J connectivity index is 1.62. The van der Waals surface area contributed by atoms with Gasteiger partial charge < -0.3 is 14.1 Å². The Morgan fingerprint density at radius 1 is 1.16 bits per heavy atom. The summed E-state index contributed by atoms with van der Waals surface area (Å²) in [5.41, 5.74) is 2.80. The van der Waals surface area contributed by atoms with E-state index in [-0.39, 0.29) is 17.8 Å². The smallest absolute Gasteiger partial charge is 0.316 e. The summed E-state index contributed by atoms with van der Waals surface area (Å²) in [4.78, 5) is 14.6. The van der Waals surface area contributed by atoms with Gasteiger partial charge >= 0.3 is 11.8 Å². The first-order valence-corrected chi connectivity index (χ1v) is 8.07. The highest BCUT2D eigenvalue weighted by atomic mass is 16.5. The van der Waals surface area contributed by atoms with Crippen LogP contribution in [0.1, 0.15) is 23.2 Å².